The molecule has 0 aliphatic carbocycles. The molecule has 6 N–H and O–H groups in total. The third-order valence-corrected chi connectivity index (χ3v) is 4.72. The Balaban J connectivity index is 5.18. The predicted octanol–water partition coefficient (Wildman–Crippen LogP) is -0.495. The van der Waals surface area contributed by atoms with Gasteiger partial charge in [0.25, 0.3) is 0 Å². The second-order valence-electron chi connectivity index (χ2n) is 6.95. The molecule has 3 amide bonds. The second-order valence-corrected chi connectivity index (χ2v) is 7.32. The van der Waals surface area contributed by atoms with Crippen LogP contribution in [0.5, 0.6) is 0 Å². The number of nitrogens with two attached hydrogens (primary N) is 1. The molecule has 0 aliphatic rings. The molecule has 5 atom stereocenters. The van der Waals surface area contributed by atoms with Gasteiger partial charge in [0.15, 0.2) is 0 Å². The fourth-order valence-corrected chi connectivity index (χ4v) is 2.34. The van der Waals surface area contributed by atoms with Crippen LogP contribution >= 0.6 is 12.6 Å². The molecule has 5 unspecified atom stereocenters. The number of hydrogen-bond donors (Lipinski definition) is 6. The number of rotatable bonds is 11. The van der Waals surface area contributed by atoms with Crippen molar-refractivity contribution in [3.05, 3.63) is 0 Å². The maximum Gasteiger partial charge on any atom is 0.325 e. The molecule has 0 aromatic heterocycles. The van der Waals surface area contributed by atoms with Gasteiger partial charge in [-0.25, -0.2) is 0 Å². The van der Waals surface area contributed by atoms with E-state index in [1.165, 1.54) is 6.92 Å². The molecular formula is C17H32N4O5S. The third-order valence-electron chi connectivity index (χ3n) is 4.36. The molecule has 27 heavy (non-hydrogen) atoms. The van der Waals surface area contributed by atoms with Gasteiger partial charge in [0.05, 0.1) is 6.04 Å². The molecule has 0 radical (unpaired) electrons. The monoisotopic (exact) mass is 404 g/mol. The Morgan fingerprint density at radius 2 is 1.52 bits per heavy atom. The molecule has 0 saturated carbocycles. The van der Waals surface area contributed by atoms with E-state index in [1.54, 1.807) is 20.8 Å². The molecule has 0 bridgehead atoms. The van der Waals surface area contributed by atoms with Crippen molar-refractivity contribution >= 4 is 36.3 Å². The molecule has 0 fully saturated rings. The van der Waals surface area contributed by atoms with Crippen molar-refractivity contribution in [1.82, 2.24) is 16.0 Å². The largest absolute Gasteiger partial charge is 0.480 e. The van der Waals surface area contributed by atoms with Gasteiger partial charge in [0.1, 0.15) is 18.1 Å². The van der Waals surface area contributed by atoms with Crippen molar-refractivity contribution < 1.29 is 24.3 Å². The van der Waals surface area contributed by atoms with Gasteiger partial charge in [-0.15, -0.1) is 0 Å². The van der Waals surface area contributed by atoms with E-state index in [1.807, 2.05) is 6.92 Å². The van der Waals surface area contributed by atoms with Crippen LogP contribution in [0.3, 0.4) is 0 Å². The molecule has 0 heterocycles. The van der Waals surface area contributed by atoms with Gasteiger partial charge in [-0.1, -0.05) is 34.1 Å². The van der Waals surface area contributed by atoms with E-state index < -0.39 is 47.9 Å². The van der Waals surface area contributed by atoms with Crippen LogP contribution in [0.15, 0.2) is 0 Å². The molecule has 0 aromatic rings. The number of carbonyl (C=O) groups excluding carboxylic acids is 3. The van der Waals surface area contributed by atoms with Crippen LogP contribution in [-0.4, -0.2) is 58.7 Å². The second kappa shape index (κ2) is 11.8. The van der Waals surface area contributed by atoms with E-state index >= 15 is 0 Å². The summed E-state index contributed by atoms with van der Waals surface area (Å²) in [6, 6.07) is -3.78. The molecular weight excluding hydrogens is 372 g/mol. The predicted molar refractivity (Wildman–Crippen MR) is 105 cm³/mol. The normalized spacial score (nSPS) is 16.6. The lowest BCUT2D eigenvalue weighted by molar-refractivity contribution is -0.141. The number of carbonyl (C=O) groups is 4. The first-order valence-electron chi connectivity index (χ1n) is 8.96. The lowest BCUT2D eigenvalue weighted by Gasteiger charge is -2.27. The summed E-state index contributed by atoms with van der Waals surface area (Å²) in [5, 5.41) is 16.3. The van der Waals surface area contributed by atoms with Crippen molar-refractivity contribution in [2.75, 3.05) is 5.75 Å². The first kappa shape index (κ1) is 25.2. The molecule has 0 aliphatic heterocycles. The van der Waals surface area contributed by atoms with Crippen LogP contribution in [0, 0.1) is 11.8 Å². The fraction of sp³-hybridized carbons (Fsp3) is 0.765. The van der Waals surface area contributed by atoms with Crippen LogP contribution in [0.1, 0.15) is 41.0 Å². The van der Waals surface area contributed by atoms with Crippen LogP contribution in [0.4, 0.5) is 0 Å². The van der Waals surface area contributed by atoms with Crippen LogP contribution in [0.2, 0.25) is 0 Å². The smallest absolute Gasteiger partial charge is 0.325 e. The summed E-state index contributed by atoms with van der Waals surface area (Å²) >= 11 is 4.05. The fourth-order valence-electron chi connectivity index (χ4n) is 2.09. The van der Waals surface area contributed by atoms with Gasteiger partial charge < -0.3 is 26.8 Å². The molecule has 9 nitrogen and oxygen atoms in total. The van der Waals surface area contributed by atoms with Crippen molar-refractivity contribution in [3.63, 3.8) is 0 Å². The highest BCUT2D eigenvalue weighted by atomic mass is 32.1. The summed E-state index contributed by atoms with van der Waals surface area (Å²) in [4.78, 5) is 47.9. The average molecular weight is 405 g/mol. The zero-order valence-corrected chi connectivity index (χ0v) is 17.4. The van der Waals surface area contributed by atoms with E-state index in [2.05, 4.69) is 28.6 Å². The van der Waals surface area contributed by atoms with Crippen molar-refractivity contribution in [1.29, 1.82) is 0 Å². The summed E-state index contributed by atoms with van der Waals surface area (Å²) < 4.78 is 0. The maximum atomic E-state index is 12.7. The highest BCUT2D eigenvalue weighted by molar-refractivity contribution is 7.80. The van der Waals surface area contributed by atoms with Crippen molar-refractivity contribution in [2.24, 2.45) is 17.6 Å². The van der Waals surface area contributed by atoms with Gasteiger partial charge >= 0.3 is 5.97 Å². The molecule has 0 aromatic carbocycles. The first-order valence-corrected chi connectivity index (χ1v) is 9.59. The first-order chi connectivity index (χ1) is 12.5. The Morgan fingerprint density at radius 1 is 0.963 bits per heavy atom. The lowest BCUT2D eigenvalue weighted by Crippen LogP contribution is -2.59. The Hall–Kier alpha value is -1.81. The zero-order valence-electron chi connectivity index (χ0n) is 16.5. The highest BCUT2D eigenvalue weighted by Gasteiger charge is 2.31. The van der Waals surface area contributed by atoms with Crippen LogP contribution in [-0.2, 0) is 19.2 Å². The summed E-state index contributed by atoms with van der Waals surface area (Å²) in [5.41, 5.74) is 5.83. The number of hydrogen-bond acceptors (Lipinski definition) is 6. The van der Waals surface area contributed by atoms with Gasteiger partial charge in [0, 0.05) is 5.75 Å². The molecule has 0 saturated heterocycles. The minimum Gasteiger partial charge on any atom is -0.480 e. The molecule has 156 valence electrons. The maximum absolute atomic E-state index is 12.7. The van der Waals surface area contributed by atoms with E-state index in [4.69, 9.17) is 10.8 Å². The summed E-state index contributed by atoms with van der Waals surface area (Å²) in [7, 11) is 0. The minimum absolute atomic E-state index is 0.0312. The van der Waals surface area contributed by atoms with E-state index in [-0.39, 0.29) is 17.6 Å². The Morgan fingerprint density at radius 3 is 1.93 bits per heavy atom. The summed E-state index contributed by atoms with van der Waals surface area (Å²) in [5.74, 6) is -3.19. The van der Waals surface area contributed by atoms with Gasteiger partial charge in [0.2, 0.25) is 17.7 Å². The van der Waals surface area contributed by atoms with Crippen LogP contribution < -0.4 is 21.7 Å². The van der Waals surface area contributed by atoms with Gasteiger partial charge in [-0.2, -0.15) is 12.6 Å². The van der Waals surface area contributed by atoms with Gasteiger partial charge in [-0.05, 0) is 18.8 Å². The molecule has 10 heteroatoms. The van der Waals surface area contributed by atoms with E-state index in [0.29, 0.717) is 6.42 Å². The Kier molecular flexibility index (Phi) is 11.0. The minimum atomic E-state index is -1.19. The van der Waals surface area contributed by atoms with E-state index in [0.717, 1.165) is 0 Å². The summed E-state index contributed by atoms with van der Waals surface area (Å²) in [6.07, 6.45) is 0.614. The number of nitrogens with one attached hydrogen (secondary N) is 3. The lowest BCUT2D eigenvalue weighted by atomic mass is 9.96. The molecule has 0 rings (SSSR count). The number of thiol groups is 1. The SMILES string of the molecule is CCC(C)C(NC(=O)C(N)C(C)C)C(=O)NC(CS)C(=O)NC(C)C(=O)O. The third kappa shape index (κ3) is 8.17. The Bertz CT molecular complexity index is 543. The number of aliphatic carboxylic acids is 1. The zero-order chi connectivity index (χ0) is 21.3. The average Bonchev–Trinajstić information content (AvgIpc) is 2.61. The number of carboxylic acids is 1. The number of amides is 3. The van der Waals surface area contributed by atoms with Crippen molar-refractivity contribution in [2.45, 2.75) is 65.2 Å². The standard InChI is InChI=1S/C17H32N4O5S/c1-6-9(4)13(21-15(23)12(18)8(2)3)16(24)20-11(7-27)14(22)19-10(5)17(25)26/h8-13,27H,6-7,18H2,1-5H3,(H,19,22)(H,20,24)(H,21,23)(H,25,26). The van der Waals surface area contributed by atoms with Gasteiger partial charge in [-0.3, -0.25) is 19.2 Å². The van der Waals surface area contributed by atoms with E-state index in [9.17, 15) is 19.2 Å². The topological polar surface area (TPSA) is 151 Å². The highest BCUT2D eigenvalue weighted by Crippen LogP contribution is 2.10. The van der Waals surface area contributed by atoms with Crippen molar-refractivity contribution in [3.8, 4) is 0 Å². The Labute approximate surface area is 165 Å². The number of carboxylic acid groups (broad SMARTS) is 1. The van der Waals surface area contributed by atoms with Crippen LogP contribution in [0.25, 0.3) is 0 Å². The quantitative estimate of drug-likeness (QED) is 0.256. The summed E-state index contributed by atoms with van der Waals surface area (Å²) in [6.45, 7) is 8.58. The molecule has 0 spiro atoms.